The van der Waals surface area contributed by atoms with Crippen LogP contribution in [-0.4, -0.2) is 161 Å². The number of amides is 4. The van der Waals surface area contributed by atoms with E-state index in [0.29, 0.717) is 43.1 Å². The van der Waals surface area contributed by atoms with Gasteiger partial charge in [-0.05, 0) is 80.1 Å². The molecular weight excluding hydrogens is 870 g/mol. The Morgan fingerprint density at radius 3 is 1.28 bits per heavy atom. The summed E-state index contributed by atoms with van der Waals surface area (Å²) >= 11 is 2.84. The Labute approximate surface area is 379 Å². The summed E-state index contributed by atoms with van der Waals surface area (Å²) < 4.78 is 11.0. The summed E-state index contributed by atoms with van der Waals surface area (Å²) in [7, 11) is 0. The van der Waals surface area contributed by atoms with E-state index in [-0.39, 0.29) is 79.0 Å². The maximum absolute atomic E-state index is 12.3. The minimum atomic E-state index is -0.471. The van der Waals surface area contributed by atoms with Crippen molar-refractivity contribution in [3.63, 3.8) is 0 Å². The minimum absolute atomic E-state index is 0. The van der Waals surface area contributed by atoms with Crippen LogP contribution in [0.1, 0.15) is 110 Å². The maximum Gasteiger partial charge on any atom is 0.410 e. The average Bonchev–Trinajstić information content (AvgIpc) is 3.04. The molecule has 0 saturated carbocycles. The molecule has 4 amide bonds. The van der Waals surface area contributed by atoms with E-state index in [9.17, 15) is 19.2 Å². The first-order valence-corrected chi connectivity index (χ1v) is 21.4. The molecule has 0 spiro atoms. The molecule has 5 N–H and O–H groups in total. The van der Waals surface area contributed by atoms with Crippen molar-refractivity contribution in [1.82, 2.24) is 29.8 Å². The van der Waals surface area contributed by atoms with Crippen molar-refractivity contribution >= 4 is 39.9 Å². The van der Waals surface area contributed by atoms with Crippen LogP contribution in [0.5, 0.6) is 0 Å². The third-order valence-corrected chi connectivity index (χ3v) is 9.43. The van der Waals surface area contributed by atoms with Crippen molar-refractivity contribution in [3.05, 3.63) is 0 Å². The van der Waals surface area contributed by atoms with Crippen LogP contribution in [0, 0.1) is 11.8 Å². The van der Waals surface area contributed by atoms with Gasteiger partial charge < -0.3 is 36.1 Å². The van der Waals surface area contributed by atoms with E-state index in [0.717, 1.165) is 58.8 Å². The predicted molar refractivity (Wildman–Crippen MR) is 227 cm³/mol. The molecule has 17 heteroatoms. The minimum Gasteiger partial charge on any atom is -0.444 e. The van der Waals surface area contributed by atoms with Gasteiger partial charge in [0.05, 0.1) is 11.9 Å². The SMILES string of the molecule is CC(C)CC(CN(CC(N)=O)C(C)C)N1CCN(C(=O)OC(C)(C)C)CC1.CC(C)CC(CNC(C)C)N1CCN(C(=O)OC(C)(C)C)CC1.NC(=O)CBr.[V].[V]. The molecule has 57 heavy (non-hydrogen) atoms. The van der Waals surface area contributed by atoms with Crippen molar-refractivity contribution in [2.45, 2.75) is 145 Å². The molecule has 0 bridgehead atoms. The predicted octanol–water partition coefficient (Wildman–Crippen LogP) is 4.96. The van der Waals surface area contributed by atoms with Crippen LogP contribution in [0.4, 0.5) is 9.59 Å². The molecule has 0 aliphatic carbocycles. The number of nitrogens with one attached hydrogen (secondary N) is 1. The molecule has 334 valence electrons. The molecule has 2 rings (SSSR count). The molecule has 0 aromatic heterocycles. The third-order valence-electron chi connectivity index (χ3n) is 8.88. The number of carbonyl (C=O) groups excluding carboxylic acids is 4. The van der Waals surface area contributed by atoms with Gasteiger partial charge in [0.15, 0.2) is 0 Å². The fourth-order valence-corrected chi connectivity index (χ4v) is 6.28. The molecule has 2 atom stereocenters. The van der Waals surface area contributed by atoms with Gasteiger partial charge in [-0.15, -0.1) is 0 Å². The number of primary amides is 2. The van der Waals surface area contributed by atoms with Gasteiger partial charge >= 0.3 is 12.2 Å². The van der Waals surface area contributed by atoms with E-state index in [1.807, 2.05) is 46.4 Å². The van der Waals surface area contributed by atoms with Crippen LogP contribution in [-0.2, 0) is 56.2 Å². The zero-order valence-electron chi connectivity index (χ0n) is 38.0. The standard InChI is InChI=1S/C20H40N4O3.C18H37N3O2.C2H4BrNO.2V/c1-15(2)12-17(13-24(16(3)4)14-18(21)25)22-8-10-23(11-9-22)19(26)27-20(5,6)7;1-14(2)12-16(13-19-15(3)4)20-8-10-21(11-9-20)17(22)23-18(5,6)7;3-1-2(4)5;;/h15-17H,8-14H2,1-7H3,(H2,21,25);14-16,19H,8-13H2,1-7H3;1H2,(H2,4,5);;. The second kappa shape index (κ2) is 30.1. The number of carbonyl (C=O) groups is 4. The summed E-state index contributed by atoms with van der Waals surface area (Å²) in [4.78, 5) is 56.2. The van der Waals surface area contributed by atoms with E-state index in [4.69, 9.17) is 15.2 Å². The molecule has 2 unspecified atom stereocenters. The molecule has 2 aliphatic heterocycles. The summed E-state index contributed by atoms with van der Waals surface area (Å²) in [5.74, 6) is 0.617. The zero-order valence-corrected chi connectivity index (χ0v) is 42.4. The van der Waals surface area contributed by atoms with Gasteiger partial charge in [-0.1, -0.05) is 57.5 Å². The number of rotatable bonds is 15. The monoisotopic (exact) mass is 950 g/mol. The number of alkyl halides is 1. The van der Waals surface area contributed by atoms with E-state index < -0.39 is 11.2 Å². The van der Waals surface area contributed by atoms with Crippen LogP contribution in [0.2, 0.25) is 0 Å². The van der Waals surface area contributed by atoms with E-state index in [1.54, 1.807) is 4.90 Å². The van der Waals surface area contributed by atoms with Crippen molar-refractivity contribution < 1.29 is 65.8 Å². The number of halogens is 1. The number of ether oxygens (including phenoxy) is 2. The summed E-state index contributed by atoms with van der Waals surface area (Å²) in [6.45, 7) is 37.4. The quantitative estimate of drug-likeness (QED) is 0.191. The fourth-order valence-electron chi connectivity index (χ4n) is 6.28. The van der Waals surface area contributed by atoms with Gasteiger partial charge in [-0.25, -0.2) is 9.59 Å². The largest absolute Gasteiger partial charge is 0.444 e. The van der Waals surface area contributed by atoms with Gasteiger partial charge in [-0.2, -0.15) is 0 Å². The maximum atomic E-state index is 12.3. The van der Waals surface area contributed by atoms with E-state index >= 15 is 0 Å². The number of piperazine rings is 2. The van der Waals surface area contributed by atoms with Gasteiger partial charge in [0.1, 0.15) is 11.2 Å². The Hall–Kier alpha value is -1.03. The van der Waals surface area contributed by atoms with Crippen LogP contribution in [0.3, 0.4) is 0 Å². The van der Waals surface area contributed by atoms with Gasteiger partial charge in [0, 0.05) is 127 Å². The number of hydrogen-bond acceptors (Lipinski definition) is 10. The van der Waals surface area contributed by atoms with Crippen molar-refractivity contribution in [3.8, 4) is 0 Å². The molecular formula is C40H81BrN8O6V2. The molecule has 2 saturated heterocycles. The second-order valence-electron chi connectivity index (χ2n) is 18.2. The molecule has 2 heterocycles. The Morgan fingerprint density at radius 2 is 1.00 bits per heavy atom. The fraction of sp³-hybridized carbons (Fsp3) is 0.900. The Morgan fingerprint density at radius 1 is 0.649 bits per heavy atom. The first kappa shape index (κ1) is 60.3. The normalized spacial score (nSPS) is 16.5. The molecule has 2 radical (unpaired) electrons. The second-order valence-corrected chi connectivity index (χ2v) is 18.8. The van der Waals surface area contributed by atoms with Crippen LogP contribution in [0.25, 0.3) is 0 Å². The zero-order chi connectivity index (χ0) is 42.7. The molecule has 0 aromatic rings. The number of nitrogens with zero attached hydrogens (tertiary/aromatic N) is 5. The van der Waals surface area contributed by atoms with Crippen molar-refractivity contribution in [2.24, 2.45) is 23.3 Å². The van der Waals surface area contributed by atoms with Gasteiger partial charge in [0.25, 0.3) is 0 Å². The number of nitrogens with two attached hydrogens (primary N) is 2. The number of hydrogen-bond donors (Lipinski definition) is 3. The van der Waals surface area contributed by atoms with Crippen LogP contribution >= 0.6 is 15.9 Å². The Bertz CT molecular complexity index is 1120. The summed E-state index contributed by atoms with van der Waals surface area (Å²) in [6, 6.07) is 1.65. The van der Waals surface area contributed by atoms with Crippen molar-refractivity contribution in [1.29, 1.82) is 0 Å². The molecule has 0 aromatic carbocycles. The average molecular weight is 952 g/mol. The van der Waals surface area contributed by atoms with Crippen LogP contribution in [0.15, 0.2) is 0 Å². The van der Waals surface area contributed by atoms with E-state index in [2.05, 4.69) is 97.1 Å². The molecule has 2 fully saturated rings. The Kier molecular flexibility index (Phi) is 31.8. The van der Waals surface area contributed by atoms with Gasteiger partial charge in [-0.3, -0.25) is 24.3 Å². The molecule has 2 aliphatic rings. The first-order valence-electron chi connectivity index (χ1n) is 20.3. The van der Waals surface area contributed by atoms with Crippen LogP contribution < -0.4 is 16.8 Å². The smallest absolute Gasteiger partial charge is 0.410 e. The van der Waals surface area contributed by atoms with Gasteiger partial charge in [0.2, 0.25) is 11.8 Å². The van der Waals surface area contributed by atoms with E-state index in [1.165, 1.54) is 6.42 Å². The van der Waals surface area contributed by atoms with Crippen molar-refractivity contribution in [2.75, 3.05) is 77.3 Å². The Balaban J connectivity index is -0.000000893. The topological polar surface area (TPSA) is 167 Å². The summed E-state index contributed by atoms with van der Waals surface area (Å²) in [5.41, 5.74) is 9.15. The summed E-state index contributed by atoms with van der Waals surface area (Å²) in [6.07, 6.45) is 1.82. The molecule has 14 nitrogen and oxygen atoms in total. The third kappa shape index (κ3) is 29.8. The first-order chi connectivity index (χ1) is 25.2. The summed E-state index contributed by atoms with van der Waals surface area (Å²) in [5, 5.41) is 3.82.